The largest absolute Gasteiger partial charge is 0.478 e. The summed E-state index contributed by atoms with van der Waals surface area (Å²) in [6.45, 7) is 0. The van der Waals surface area contributed by atoms with Crippen molar-refractivity contribution in [1.29, 1.82) is 0 Å². The summed E-state index contributed by atoms with van der Waals surface area (Å²) < 4.78 is 1.89. The molecule has 3 nitrogen and oxygen atoms in total. The van der Waals surface area contributed by atoms with Crippen molar-refractivity contribution >= 4 is 29.0 Å². The van der Waals surface area contributed by atoms with Crippen molar-refractivity contribution in [2.24, 2.45) is 7.05 Å². The van der Waals surface area contributed by atoms with E-state index in [1.165, 1.54) is 11.3 Å². The molecule has 0 spiro atoms. The number of carbonyl (C=O) groups is 1. The Hall–Kier alpha value is -1.81. The highest BCUT2D eigenvalue weighted by molar-refractivity contribution is 7.11. The molecule has 4 heteroatoms. The van der Waals surface area contributed by atoms with Crippen molar-refractivity contribution < 1.29 is 9.90 Å². The van der Waals surface area contributed by atoms with Crippen molar-refractivity contribution in [3.8, 4) is 0 Å². The molecule has 1 N–H and O–H groups in total. The van der Waals surface area contributed by atoms with Crippen LogP contribution in [0.5, 0.6) is 0 Å². The summed E-state index contributed by atoms with van der Waals surface area (Å²) in [6.07, 6.45) is 3.58. The highest BCUT2D eigenvalue weighted by Crippen LogP contribution is 2.23. The second kappa shape index (κ2) is 4.37. The lowest BCUT2D eigenvalue weighted by atomic mass is 10.2. The molecule has 0 aliphatic rings. The van der Waals surface area contributed by atoms with Crippen LogP contribution in [0.1, 0.15) is 10.6 Å². The molecule has 16 heavy (non-hydrogen) atoms. The first-order valence-electron chi connectivity index (χ1n) is 4.78. The highest BCUT2D eigenvalue weighted by Gasteiger charge is 2.11. The minimum absolute atomic E-state index is 0.330. The van der Waals surface area contributed by atoms with Crippen LogP contribution in [0.2, 0.25) is 0 Å². The third kappa shape index (κ3) is 2.06. The Bertz CT molecular complexity index is 523. The molecule has 0 amide bonds. The van der Waals surface area contributed by atoms with Crippen molar-refractivity contribution in [1.82, 2.24) is 4.57 Å². The Morgan fingerprint density at radius 2 is 2.25 bits per heavy atom. The normalized spacial score (nSPS) is 11.7. The molecule has 0 atom stereocenters. The molecule has 82 valence electrons. The van der Waals surface area contributed by atoms with Crippen LogP contribution in [-0.4, -0.2) is 15.6 Å². The summed E-state index contributed by atoms with van der Waals surface area (Å²) in [7, 11) is 1.89. The van der Waals surface area contributed by atoms with Crippen LogP contribution < -0.4 is 0 Å². The smallest absolute Gasteiger partial charge is 0.337 e. The molecule has 2 heterocycles. The quantitative estimate of drug-likeness (QED) is 0.828. The summed E-state index contributed by atoms with van der Waals surface area (Å²) in [6, 6.07) is 7.44. The minimum Gasteiger partial charge on any atom is -0.478 e. The molecular weight excluding hydrogens is 222 g/mol. The number of thiophene rings is 1. The fraction of sp³-hybridized carbons (Fsp3) is 0.0833. The van der Waals surface area contributed by atoms with Gasteiger partial charge in [-0.3, -0.25) is 0 Å². The number of aliphatic carboxylic acids is 1. The molecule has 2 rings (SSSR count). The van der Waals surface area contributed by atoms with Gasteiger partial charge in [-0.2, -0.15) is 0 Å². The van der Waals surface area contributed by atoms with Crippen LogP contribution in [0, 0.1) is 0 Å². The number of aromatic nitrogens is 1. The minimum atomic E-state index is -0.899. The second-order valence-electron chi connectivity index (χ2n) is 3.38. The number of rotatable bonds is 3. The molecule has 0 unspecified atom stereocenters. The van der Waals surface area contributed by atoms with Crippen LogP contribution in [0.3, 0.4) is 0 Å². The molecule has 0 aliphatic heterocycles. The molecule has 0 aliphatic carbocycles. The van der Waals surface area contributed by atoms with E-state index in [9.17, 15) is 4.79 Å². The molecular formula is C12H11NO2S. The van der Waals surface area contributed by atoms with Crippen LogP contribution >= 0.6 is 11.3 Å². The number of nitrogens with zero attached hydrogens (tertiary/aromatic N) is 1. The van der Waals surface area contributed by atoms with Gasteiger partial charge in [0.15, 0.2) is 0 Å². The zero-order chi connectivity index (χ0) is 11.5. The average Bonchev–Trinajstić information content (AvgIpc) is 2.85. The average molecular weight is 233 g/mol. The third-order valence-corrected chi connectivity index (χ3v) is 3.20. The summed E-state index contributed by atoms with van der Waals surface area (Å²) in [5.41, 5.74) is 1.21. The van der Waals surface area contributed by atoms with E-state index in [4.69, 9.17) is 5.11 Å². The summed E-state index contributed by atoms with van der Waals surface area (Å²) >= 11 is 1.43. The zero-order valence-corrected chi connectivity index (χ0v) is 9.57. The van der Waals surface area contributed by atoms with Gasteiger partial charge < -0.3 is 9.67 Å². The van der Waals surface area contributed by atoms with E-state index >= 15 is 0 Å². The van der Waals surface area contributed by atoms with Crippen LogP contribution in [0.4, 0.5) is 0 Å². The van der Waals surface area contributed by atoms with Crippen LogP contribution in [0.15, 0.2) is 35.8 Å². The van der Waals surface area contributed by atoms with Crippen molar-refractivity contribution in [3.63, 3.8) is 0 Å². The van der Waals surface area contributed by atoms with E-state index in [1.54, 1.807) is 6.08 Å². The molecule has 0 saturated carbocycles. The van der Waals surface area contributed by atoms with Crippen molar-refractivity contribution in [2.75, 3.05) is 0 Å². The van der Waals surface area contributed by atoms with Crippen LogP contribution in [0.25, 0.3) is 11.6 Å². The van der Waals surface area contributed by atoms with Gasteiger partial charge >= 0.3 is 5.97 Å². The second-order valence-corrected chi connectivity index (χ2v) is 4.33. The lowest BCUT2D eigenvalue weighted by Gasteiger charge is -2.00. The van der Waals surface area contributed by atoms with Gasteiger partial charge in [0.05, 0.1) is 5.57 Å². The van der Waals surface area contributed by atoms with E-state index in [2.05, 4.69) is 0 Å². The molecule has 0 aromatic carbocycles. The number of carboxylic acids is 1. The maximum Gasteiger partial charge on any atom is 0.337 e. The first-order chi connectivity index (χ1) is 7.68. The number of aryl methyl sites for hydroxylation is 1. The molecule has 2 aromatic heterocycles. The number of hydrogen-bond donors (Lipinski definition) is 1. The monoisotopic (exact) mass is 233 g/mol. The standard InChI is InChI=1S/C12H11NO2S/c1-13-6-2-4-9(13)8-10(12(14)15)11-5-3-7-16-11/h2-8H,1H3,(H,14,15)/b10-8-. The highest BCUT2D eigenvalue weighted by atomic mass is 32.1. The summed E-state index contributed by atoms with van der Waals surface area (Å²) in [4.78, 5) is 11.9. The number of hydrogen-bond acceptors (Lipinski definition) is 2. The van der Waals surface area contributed by atoms with Gasteiger partial charge in [-0.05, 0) is 29.7 Å². The Morgan fingerprint density at radius 1 is 1.44 bits per heavy atom. The fourth-order valence-electron chi connectivity index (χ4n) is 1.44. The van der Waals surface area contributed by atoms with E-state index in [0.717, 1.165) is 10.6 Å². The van der Waals surface area contributed by atoms with Crippen molar-refractivity contribution in [2.45, 2.75) is 0 Å². The van der Waals surface area contributed by atoms with Crippen molar-refractivity contribution in [3.05, 3.63) is 46.4 Å². The molecule has 0 bridgehead atoms. The van der Waals surface area contributed by atoms with Gasteiger partial charge in [0, 0.05) is 23.8 Å². The van der Waals surface area contributed by atoms with Gasteiger partial charge in [-0.15, -0.1) is 11.3 Å². The summed E-state index contributed by atoms with van der Waals surface area (Å²) in [5.74, 6) is -0.899. The maximum atomic E-state index is 11.2. The van der Waals surface area contributed by atoms with Gasteiger partial charge in [0.25, 0.3) is 0 Å². The van der Waals surface area contributed by atoms with E-state index in [-0.39, 0.29) is 0 Å². The first kappa shape index (κ1) is 10.7. The van der Waals surface area contributed by atoms with E-state index < -0.39 is 5.97 Å². The zero-order valence-electron chi connectivity index (χ0n) is 8.75. The van der Waals surface area contributed by atoms with Gasteiger partial charge in [0.1, 0.15) is 0 Å². The number of carboxylic acid groups (broad SMARTS) is 1. The molecule has 0 radical (unpaired) electrons. The Labute approximate surface area is 97.3 Å². The molecule has 0 fully saturated rings. The topological polar surface area (TPSA) is 42.2 Å². The summed E-state index contributed by atoms with van der Waals surface area (Å²) in [5, 5.41) is 11.0. The Morgan fingerprint density at radius 3 is 2.75 bits per heavy atom. The third-order valence-electron chi connectivity index (χ3n) is 2.29. The van der Waals surface area contributed by atoms with E-state index in [1.807, 2.05) is 47.5 Å². The molecule has 2 aromatic rings. The molecule has 0 saturated heterocycles. The van der Waals surface area contributed by atoms with Crippen LogP contribution in [-0.2, 0) is 11.8 Å². The lowest BCUT2D eigenvalue weighted by Crippen LogP contribution is -1.99. The van der Waals surface area contributed by atoms with Gasteiger partial charge in [-0.25, -0.2) is 4.79 Å². The predicted molar refractivity (Wildman–Crippen MR) is 65.2 cm³/mol. The SMILES string of the molecule is Cn1cccc1/C=C(\C(=O)O)c1cccs1. The Kier molecular flexibility index (Phi) is 2.92. The van der Waals surface area contributed by atoms with Gasteiger partial charge in [0.2, 0.25) is 0 Å². The van der Waals surface area contributed by atoms with E-state index in [0.29, 0.717) is 5.57 Å². The first-order valence-corrected chi connectivity index (χ1v) is 5.66. The van der Waals surface area contributed by atoms with Gasteiger partial charge in [-0.1, -0.05) is 6.07 Å². The Balaban J connectivity index is 2.45. The predicted octanol–water partition coefficient (Wildman–Crippen LogP) is 2.71. The maximum absolute atomic E-state index is 11.2. The fourth-order valence-corrected chi connectivity index (χ4v) is 2.18. The lowest BCUT2D eigenvalue weighted by molar-refractivity contribution is -0.130.